The van der Waals surface area contributed by atoms with Crippen molar-refractivity contribution in [1.82, 2.24) is 15.1 Å². The lowest BCUT2D eigenvalue weighted by Crippen LogP contribution is -2.33. The molecule has 1 aliphatic rings. The van der Waals surface area contributed by atoms with Crippen molar-refractivity contribution in [3.8, 4) is 5.75 Å². The first-order valence-electron chi connectivity index (χ1n) is 8.42. The molecule has 3 rings (SSSR count). The Morgan fingerprint density at radius 2 is 2.27 bits per heavy atom. The van der Waals surface area contributed by atoms with E-state index in [1.54, 1.807) is 30.1 Å². The predicted octanol–water partition coefficient (Wildman–Crippen LogP) is 2.01. The number of nitrogens with one attached hydrogen (secondary N) is 1. The molecular formula is C17H21FN4O4. The molecule has 0 spiro atoms. The smallest absolute Gasteiger partial charge is 0.322 e. The molecule has 8 nitrogen and oxygen atoms in total. The molecule has 140 valence electrons. The van der Waals surface area contributed by atoms with Crippen molar-refractivity contribution in [1.29, 1.82) is 0 Å². The zero-order valence-corrected chi connectivity index (χ0v) is 14.5. The van der Waals surface area contributed by atoms with Gasteiger partial charge in [0.25, 0.3) is 0 Å². The van der Waals surface area contributed by atoms with Gasteiger partial charge in [-0.2, -0.15) is 0 Å². The van der Waals surface area contributed by atoms with E-state index in [2.05, 4.69) is 15.5 Å². The van der Waals surface area contributed by atoms with E-state index in [1.165, 1.54) is 6.07 Å². The van der Waals surface area contributed by atoms with Crippen LogP contribution in [0.25, 0.3) is 0 Å². The maximum absolute atomic E-state index is 13.4. The maximum atomic E-state index is 13.4. The van der Waals surface area contributed by atoms with E-state index >= 15 is 0 Å². The molecule has 0 bridgehead atoms. The molecule has 2 aromatic rings. The molecule has 1 N–H and O–H groups in total. The molecule has 1 amide bonds. The third kappa shape index (κ3) is 4.99. The number of anilines is 1. The molecule has 1 atom stereocenters. The highest BCUT2D eigenvalue weighted by molar-refractivity contribution is 5.90. The first-order valence-corrected chi connectivity index (χ1v) is 8.42. The van der Waals surface area contributed by atoms with Crippen LogP contribution in [0.4, 0.5) is 10.4 Å². The van der Waals surface area contributed by atoms with E-state index in [4.69, 9.17) is 13.9 Å². The van der Waals surface area contributed by atoms with Gasteiger partial charge in [0.05, 0.1) is 6.54 Å². The maximum Gasteiger partial charge on any atom is 0.322 e. The Morgan fingerprint density at radius 1 is 1.42 bits per heavy atom. The van der Waals surface area contributed by atoms with E-state index in [-0.39, 0.29) is 36.9 Å². The zero-order chi connectivity index (χ0) is 18.4. The average molecular weight is 364 g/mol. The first kappa shape index (κ1) is 18.3. The van der Waals surface area contributed by atoms with Crippen molar-refractivity contribution in [2.75, 3.05) is 38.7 Å². The molecule has 2 heterocycles. The molecule has 0 aliphatic carbocycles. The van der Waals surface area contributed by atoms with Gasteiger partial charge in [0.2, 0.25) is 11.8 Å². The molecule has 1 aromatic carbocycles. The largest absolute Gasteiger partial charge is 0.489 e. The summed E-state index contributed by atoms with van der Waals surface area (Å²) < 4.78 is 29.7. The van der Waals surface area contributed by atoms with Gasteiger partial charge in [-0.15, -0.1) is 5.10 Å². The second-order valence-corrected chi connectivity index (χ2v) is 6.01. The highest BCUT2D eigenvalue weighted by Crippen LogP contribution is 2.28. The molecule has 1 saturated heterocycles. The van der Waals surface area contributed by atoms with Crippen LogP contribution in [-0.4, -0.2) is 54.4 Å². The Hall–Kier alpha value is -2.52. The average Bonchev–Trinajstić information content (AvgIpc) is 3.27. The highest BCUT2D eigenvalue weighted by atomic mass is 19.1. The Labute approximate surface area is 150 Å². The van der Waals surface area contributed by atoms with Crippen molar-refractivity contribution in [2.45, 2.75) is 18.9 Å². The molecular weight excluding hydrogens is 343 g/mol. The monoisotopic (exact) mass is 364 g/mol. The van der Waals surface area contributed by atoms with E-state index < -0.39 is 5.82 Å². The number of nitrogens with zero attached hydrogens (tertiary/aromatic N) is 3. The summed E-state index contributed by atoms with van der Waals surface area (Å²) in [6, 6.07) is 6.24. The van der Waals surface area contributed by atoms with Gasteiger partial charge in [0.1, 0.15) is 12.7 Å². The summed E-state index contributed by atoms with van der Waals surface area (Å²) in [7, 11) is 1.76. The SMILES string of the molecule is CN(CCOc1ccccc1F)CC(=O)Nc1nnc(C2CCCO2)o1. The number of likely N-dealkylation sites (N-methyl/N-ethyl adjacent to an activating group) is 1. The van der Waals surface area contributed by atoms with Gasteiger partial charge in [-0.3, -0.25) is 15.0 Å². The minimum atomic E-state index is -0.411. The molecule has 26 heavy (non-hydrogen) atoms. The van der Waals surface area contributed by atoms with Gasteiger partial charge >= 0.3 is 6.01 Å². The number of carbonyl (C=O) groups is 1. The summed E-state index contributed by atoms with van der Waals surface area (Å²) in [5.41, 5.74) is 0. The number of benzene rings is 1. The summed E-state index contributed by atoms with van der Waals surface area (Å²) in [4.78, 5) is 13.8. The van der Waals surface area contributed by atoms with Crippen molar-refractivity contribution in [2.24, 2.45) is 0 Å². The van der Waals surface area contributed by atoms with Crippen molar-refractivity contribution >= 4 is 11.9 Å². The molecule has 1 unspecified atom stereocenters. The van der Waals surface area contributed by atoms with Gasteiger partial charge in [-0.1, -0.05) is 17.2 Å². The number of rotatable bonds is 8. The standard InChI is InChI=1S/C17H21FN4O4/c1-22(8-10-25-13-6-3-2-5-12(13)18)11-15(23)19-17-21-20-16(26-17)14-7-4-9-24-14/h2-3,5-6,14H,4,7-11H2,1H3,(H,19,21,23). The molecule has 0 saturated carbocycles. The summed E-state index contributed by atoms with van der Waals surface area (Å²) >= 11 is 0. The van der Waals surface area contributed by atoms with Gasteiger partial charge in [-0.25, -0.2) is 4.39 Å². The lowest BCUT2D eigenvalue weighted by atomic mass is 10.2. The van der Waals surface area contributed by atoms with Gasteiger partial charge in [0, 0.05) is 13.2 Å². The van der Waals surface area contributed by atoms with Crippen LogP contribution in [0.5, 0.6) is 5.75 Å². The molecule has 1 aromatic heterocycles. The number of carbonyl (C=O) groups excluding carboxylic acids is 1. The van der Waals surface area contributed by atoms with Crippen LogP contribution < -0.4 is 10.1 Å². The third-order valence-corrected chi connectivity index (χ3v) is 3.87. The number of aromatic nitrogens is 2. The van der Waals surface area contributed by atoms with Crippen LogP contribution in [0.2, 0.25) is 0 Å². The van der Waals surface area contributed by atoms with E-state index in [1.807, 2.05) is 0 Å². The van der Waals surface area contributed by atoms with Crippen LogP contribution in [0, 0.1) is 5.82 Å². The summed E-state index contributed by atoms with van der Waals surface area (Å²) in [5, 5.41) is 10.3. The van der Waals surface area contributed by atoms with Crippen molar-refractivity contribution in [3.63, 3.8) is 0 Å². The van der Waals surface area contributed by atoms with Gasteiger partial charge in [-0.05, 0) is 32.0 Å². The number of halogens is 1. The first-order chi connectivity index (χ1) is 12.6. The van der Waals surface area contributed by atoms with Crippen molar-refractivity contribution < 1.29 is 23.1 Å². The Morgan fingerprint density at radius 3 is 3.04 bits per heavy atom. The minimum Gasteiger partial charge on any atom is -0.489 e. The predicted molar refractivity (Wildman–Crippen MR) is 90.2 cm³/mol. The van der Waals surface area contributed by atoms with Crippen LogP contribution >= 0.6 is 0 Å². The third-order valence-electron chi connectivity index (χ3n) is 3.87. The number of ether oxygens (including phenoxy) is 2. The Bertz CT molecular complexity index is 733. The second-order valence-electron chi connectivity index (χ2n) is 6.01. The van der Waals surface area contributed by atoms with Gasteiger partial charge in [0.15, 0.2) is 11.6 Å². The summed E-state index contributed by atoms with van der Waals surface area (Å²) in [6.45, 7) is 1.49. The summed E-state index contributed by atoms with van der Waals surface area (Å²) in [6.07, 6.45) is 1.60. The van der Waals surface area contributed by atoms with Crippen molar-refractivity contribution in [3.05, 3.63) is 36.0 Å². The molecule has 0 radical (unpaired) electrons. The molecule has 1 aliphatic heterocycles. The number of para-hydroxylation sites is 1. The fourth-order valence-electron chi connectivity index (χ4n) is 2.54. The van der Waals surface area contributed by atoms with Crippen LogP contribution in [0.3, 0.4) is 0 Å². The lowest BCUT2D eigenvalue weighted by molar-refractivity contribution is -0.117. The number of amides is 1. The van der Waals surface area contributed by atoms with Crippen LogP contribution in [-0.2, 0) is 9.53 Å². The normalized spacial score (nSPS) is 16.8. The second kappa shape index (κ2) is 8.72. The van der Waals surface area contributed by atoms with Crippen LogP contribution in [0.15, 0.2) is 28.7 Å². The number of hydrogen-bond donors (Lipinski definition) is 1. The zero-order valence-electron chi connectivity index (χ0n) is 14.5. The topological polar surface area (TPSA) is 89.7 Å². The molecule has 1 fully saturated rings. The van der Waals surface area contributed by atoms with E-state index in [0.29, 0.717) is 19.0 Å². The fourth-order valence-corrected chi connectivity index (χ4v) is 2.54. The molecule has 9 heteroatoms. The van der Waals surface area contributed by atoms with E-state index in [0.717, 1.165) is 12.8 Å². The van der Waals surface area contributed by atoms with Gasteiger partial charge < -0.3 is 13.9 Å². The quantitative estimate of drug-likeness (QED) is 0.766. The highest BCUT2D eigenvalue weighted by Gasteiger charge is 2.24. The Balaban J connectivity index is 1.39. The van der Waals surface area contributed by atoms with E-state index in [9.17, 15) is 9.18 Å². The minimum absolute atomic E-state index is 0.0523. The van der Waals surface area contributed by atoms with Crippen LogP contribution in [0.1, 0.15) is 24.8 Å². The number of hydrogen-bond acceptors (Lipinski definition) is 7. The lowest BCUT2D eigenvalue weighted by Gasteiger charge is -2.16. The Kier molecular flexibility index (Phi) is 6.13. The summed E-state index contributed by atoms with van der Waals surface area (Å²) in [5.74, 6) is -0.130. The fraction of sp³-hybridized carbons (Fsp3) is 0.471.